The first-order valence-electron chi connectivity index (χ1n) is 6.92. The number of hydrogen-bond acceptors (Lipinski definition) is 4. The summed E-state index contributed by atoms with van der Waals surface area (Å²) in [6, 6.07) is 0. The monoisotopic (exact) mass is 282 g/mol. The third kappa shape index (κ3) is 7.18. The van der Waals surface area contributed by atoms with Gasteiger partial charge < -0.3 is 9.47 Å². The lowest BCUT2D eigenvalue weighted by Gasteiger charge is -2.22. The molecular formula is C16H26O4. The number of carbonyl (C=O) groups is 2. The largest absolute Gasteiger partial charge is 0.453 e. The number of rotatable bonds is 5. The first-order valence-corrected chi connectivity index (χ1v) is 6.92. The lowest BCUT2D eigenvalue weighted by atomic mass is 9.91. The van der Waals surface area contributed by atoms with E-state index in [1.54, 1.807) is 27.7 Å². The molecule has 0 heterocycles. The minimum atomic E-state index is -0.881. The maximum absolute atomic E-state index is 11.7. The van der Waals surface area contributed by atoms with Crippen LogP contribution in [-0.4, -0.2) is 24.1 Å². The Morgan fingerprint density at radius 2 is 1.70 bits per heavy atom. The van der Waals surface area contributed by atoms with Gasteiger partial charge in [-0.1, -0.05) is 32.6 Å². The fourth-order valence-corrected chi connectivity index (χ4v) is 1.12. The Morgan fingerprint density at radius 3 is 2.15 bits per heavy atom. The standard InChI is InChI=1S/C16H26O4/c1-8-15(4,5)14(18)19-11-13(17)20-16(6,7)10-9-12(2)3/h12H,8,11H2,1-7H3. The van der Waals surface area contributed by atoms with Crippen LogP contribution in [0.2, 0.25) is 0 Å². The van der Waals surface area contributed by atoms with Crippen molar-refractivity contribution < 1.29 is 19.1 Å². The van der Waals surface area contributed by atoms with Gasteiger partial charge in [0.15, 0.2) is 12.2 Å². The summed E-state index contributed by atoms with van der Waals surface area (Å²) in [5, 5.41) is 0. The van der Waals surface area contributed by atoms with Gasteiger partial charge in [0, 0.05) is 5.92 Å². The van der Waals surface area contributed by atoms with Crippen molar-refractivity contribution in [2.75, 3.05) is 6.61 Å². The van der Waals surface area contributed by atoms with Crippen LogP contribution < -0.4 is 0 Å². The smallest absolute Gasteiger partial charge is 0.345 e. The minimum Gasteiger partial charge on any atom is -0.453 e. The molecule has 4 nitrogen and oxygen atoms in total. The summed E-state index contributed by atoms with van der Waals surface area (Å²) in [4.78, 5) is 23.4. The first-order chi connectivity index (χ1) is 9.00. The molecule has 0 saturated carbocycles. The SMILES string of the molecule is CCC(C)(C)C(=O)OCC(=O)OC(C)(C)C#CC(C)C. The predicted molar refractivity (Wildman–Crippen MR) is 77.8 cm³/mol. The number of hydrogen-bond donors (Lipinski definition) is 0. The number of carbonyl (C=O) groups excluding carboxylic acids is 2. The van der Waals surface area contributed by atoms with E-state index >= 15 is 0 Å². The molecule has 0 saturated heterocycles. The molecule has 0 amide bonds. The topological polar surface area (TPSA) is 52.6 Å². The molecule has 0 aromatic heterocycles. The van der Waals surface area contributed by atoms with Crippen molar-refractivity contribution in [1.82, 2.24) is 0 Å². The van der Waals surface area contributed by atoms with Crippen molar-refractivity contribution in [1.29, 1.82) is 0 Å². The van der Waals surface area contributed by atoms with E-state index in [2.05, 4.69) is 11.8 Å². The fraction of sp³-hybridized carbons (Fsp3) is 0.750. The van der Waals surface area contributed by atoms with Gasteiger partial charge in [0.05, 0.1) is 5.41 Å². The highest BCUT2D eigenvalue weighted by molar-refractivity contribution is 5.80. The van der Waals surface area contributed by atoms with Gasteiger partial charge in [-0.3, -0.25) is 4.79 Å². The van der Waals surface area contributed by atoms with Crippen LogP contribution in [0, 0.1) is 23.2 Å². The number of esters is 2. The molecule has 0 atom stereocenters. The first kappa shape index (κ1) is 18.5. The molecular weight excluding hydrogens is 256 g/mol. The quantitative estimate of drug-likeness (QED) is 0.574. The second-order valence-electron chi connectivity index (χ2n) is 6.22. The molecule has 0 bridgehead atoms. The lowest BCUT2D eigenvalue weighted by Crippen LogP contribution is -2.32. The molecule has 20 heavy (non-hydrogen) atoms. The van der Waals surface area contributed by atoms with Crippen molar-refractivity contribution in [2.24, 2.45) is 11.3 Å². The Bertz CT molecular complexity index is 408. The lowest BCUT2D eigenvalue weighted by molar-refractivity contribution is -0.168. The third-order valence-corrected chi connectivity index (χ3v) is 2.79. The Labute approximate surface area is 122 Å². The average Bonchev–Trinajstić information content (AvgIpc) is 2.33. The van der Waals surface area contributed by atoms with Gasteiger partial charge in [0.1, 0.15) is 0 Å². The van der Waals surface area contributed by atoms with E-state index in [-0.39, 0.29) is 12.5 Å². The molecule has 0 spiro atoms. The molecule has 114 valence electrons. The van der Waals surface area contributed by atoms with Crippen molar-refractivity contribution in [3.8, 4) is 11.8 Å². The van der Waals surface area contributed by atoms with Gasteiger partial charge in [-0.2, -0.15) is 0 Å². The van der Waals surface area contributed by atoms with E-state index in [0.717, 1.165) is 0 Å². The zero-order valence-corrected chi connectivity index (χ0v) is 13.6. The van der Waals surface area contributed by atoms with Crippen LogP contribution in [0.1, 0.15) is 54.9 Å². The van der Waals surface area contributed by atoms with Gasteiger partial charge in [0.25, 0.3) is 0 Å². The average molecular weight is 282 g/mol. The third-order valence-electron chi connectivity index (χ3n) is 2.79. The van der Waals surface area contributed by atoms with E-state index in [4.69, 9.17) is 9.47 Å². The zero-order valence-electron chi connectivity index (χ0n) is 13.6. The summed E-state index contributed by atoms with van der Waals surface area (Å²) >= 11 is 0. The summed E-state index contributed by atoms with van der Waals surface area (Å²) in [5.74, 6) is 5.05. The molecule has 0 N–H and O–H groups in total. The Morgan fingerprint density at radius 1 is 1.15 bits per heavy atom. The summed E-state index contributed by atoms with van der Waals surface area (Å²) in [6.45, 7) is 12.4. The Balaban J connectivity index is 4.39. The van der Waals surface area contributed by atoms with E-state index in [9.17, 15) is 9.59 Å². The summed E-state index contributed by atoms with van der Waals surface area (Å²) in [6.07, 6.45) is 0.645. The van der Waals surface area contributed by atoms with Crippen molar-refractivity contribution in [3.63, 3.8) is 0 Å². The molecule has 4 heteroatoms. The minimum absolute atomic E-state index is 0.205. The molecule has 0 aliphatic carbocycles. The maximum atomic E-state index is 11.7. The zero-order chi connectivity index (χ0) is 16.0. The summed E-state index contributed by atoms with van der Waals surface area (Å²) in [5.41, 5.74) is -1.47. The van der Waals surface area contributed by atoms with Gasteiger partial charge in [-0.15, -0.1) is 0 Å². The fourth-order valence-electron chi connectivity index (χ4n) is 1.12. The second kappa shape index (κ2) is 7.33. The van der Waals surface area contributed by atoms with Crippen LogP contribution in [0.4, 0.5) is 0 Å². The molecule has 0 rings (SSSR count). The highest BCUT2D eigenvalue weighted by atomic mass is 16.6. The maximum Gasteiger partial charge on any atom is 0.345 e. The van der Waals surface area contributed by atoms with Crippen LogP contribution in [0.5, 0.6) is 0 Å². The highest BCUT2D eigenvalue weighted by Gasteiger charge is 2.28. The molecule has 0 aliphatic heterocycles. The van der Waals surface area contributed by atoms with Crippen LogP contribution >= 0.6 is 0 Å². The normalized spacial score (nSPS) is 11.6. The molecule has 0 radical (unpaired) electrons. The molecule has 0 aliphatic rings. The van der Waals surface area contributed by atoms with Gasteiger partial charge in [-0.05, 0) is 34.1 Å². The van der Waals surface area contributed by atoms with Gasteiger partial charge in [-0.25, -0.2) is 4.79 Å². The van der Waals surface area contributed by atoms with E-state index < -0.39 is 23.0 Å². The van der Waals surface area contributed by atoms with Gasteiger partial charge in [0.2, 0.25) is 0 Å². The predicted octanol–water partition coefficient (Wildman–Crippen LogP) is 2.95. The van der Waals surface area contributed by atoms with E-state index in [1.807, 2.05) is 20.8 Å². The van der Waals surface area contributed by atoms with E-state index in [0.29, 0.717) is 6.42 Å². The van der Waals surface area contributed by atoms with Crippen LogP contribution in [0.15, 0.2) is 0 Å². The number of ether oxygens (including phenoxy) is 2. The highest BCUT2D eigenvalue weighted by Crippen LogP contribution is 2.21. The van der Waals surface area contributed by atoms with E-state index in [1.165, 1.54) is 0 Å². The Hall–Kier alpha value is -1.50. The van der Waals surface area contributed by atoms with Crippen molar-refractivity contribution in [2.45, 2.75) is 60.5 Å². The molecule has 0 aromatic carbocycles. The van der Waals surface area contributed by atoms with Crippen LogP contribution in [0.3, 0.4) is 0 Å². The van der Waals surface area contributed by atoms with Crippen LogP contribution in [-0.2, 0) is 19.1 Å². The van der Waals surface area contributed by atoms with Crippen molar-refractivity contribution >= 4 is 11.9 Å². The summed E-state index contributed by atoms with van der Waals surface area (Å²) in [7, 11) is 0. The van der Waals surface area contributed by atoms with Gasteiger partial charge >= 0.3 is 11.9 Å². The molecule has 0 aromatic rings. The summed E-state index contributed by atoms with van der Waals surface area (Å²) < 4.78 is 10.2. The van der Waals surface area contributed by atoms with Crippen LogP contribution in [0.25, 0.3) is 0 Å². The van der Waals surface area contributed by atoms with Crippen molar-refractivity contribution in [3.05, 3.63) is 0 Å². The molecule has 0 unspecified atom stereocenters. The Kier molecular flexibility index (Phi) is 6.78. The second-order valence-corrected chi connectivity index (χ2v) is 6.22. The molecule has 0 fully saturated rings.